The van der Waals surface area contributed by atoms with Crippen LogP contribution in [0.3, 0.4) is 0 Å². The smallest absolute Gasteiger partial charge is 0.227 e. The number of likely N-dealkylation sites (N-methyl/N-ethyl adjacent to an activating group) is 1. The van der Waals surface area contributed by atoms with Gasteiger partial charge in [0.05, 0.1) is 13.7 Å². The first-order valence-corrected chi connectivity index (χ1v) is 8.05. The summed E-state index contributed by atoms with van der Waals surface area (Å²) in [5, 5.41) is 0. The highest BCUT2D eigenvalue weighted by atomic mass is 16.5. The molecule has 24 heavy (non-hydrogen) atoms. The average molecular weight is 330 g/mol. The van der Waals surface area contributed by atoms with E-state index in [4.69, 9.17) is 9.15 Å². The summed E-state index contributed by atoms with van der Waals surface area (Å²) in [5.74, 6) is 1.62. The molecule has 0 N–H and O–H groups in total. The number of anilines is 1. The summed E-state index contributed by atoms with van der Waals surface area (Å²) in [6.45, 7) is 2.47. The molecule has 3 rings (SSSR count). The van der Waals surface area contributed by atoms with Gasteiger partial charge >= 0.3 is 0 Å². The molecule has 1 fully saturated rings. The lowest BCUT2D eigenvalue weighted by atomic mass is 10.0. The molecule has 1 saturated heterocycles. The number of aromatic nitrogens is 2. The highest BCUT2D eigenvalue weighted by Gasteiger charge is 2.25. The van der Waals surface area contributed by atoms with Crippen molar-refractivity contribution in [2.45, 2.75) is 25.4 Å². The van der Waals surface area contributed by atoms with Crippen molar-refractivity contribution in [3.63, 3.8) is 0 Å². The van der Waals surface area contributed by atoms with Crippen LogP contribution in [0.15, 0.2) is 40.0 Å². The molecule has 7 nitrogen and oxygen atoms in total. The third-order valence-corrected chi connectivity index (χ3v) is 4.35. The van der Waals surface area contributed by atoms with Crippen molar-refractivity contribution < 1.29 is 9.15 Å². The van der Waals surface area contributed by atoms with E-state index in [-0.39, 0.29) is 11.2 Å². The van der Waals surface area contributed by atoms with Gasteiger partial charge in [-0.05, 0) is 25.5 Å². The van der Waals surface area contributed by atoms with Crippen molar-refractivity contribution in [3.8, 4) is 5.75 Å². The van der Waals surface area contributed by atoms with Gasteiger partial charge in [0, 0.05) is 38.1 Å². The standard InChI is InChI=1S/C17H22N4O3/c1-20(17-18-6-4-7-19-17)13-5-3-8-21(10-13)11-14-9-15(22)16(23-2)12-24-14/h4,6-7,9,12-13H,3,5,8,10-11H2,1-2H3. The molecule has 1 unspecified atom stereocenters. The van der Waals surface area contributed by atoms with E-state index in [1.165, 1.54) is 19.4 Å². The highest BCUT2D eigenvalue weighted by molar-refractivity contribution is 5.29. The molecule has 1 atom stereocenters. The van der Waals surface area contributed by atoms with Crippen LogP contribution >= 0.6 is 0 Å². The van der Waals surface area contributed by atoms with Crippen LogP contribution < -0.4 is 15.1 Å². The van der Waals surface area contributed by atoms with Crippen LogP contribution in [0.1, 0.15) is 18.6 Å². The average Bonchev–Trinajstić information content (AvgIpc) is 2.62. The van der Waals surface area contributed by atoms with E-state index < -0.39 is 0 Å². The molecule has 0 bridgehead atoms. The fourth-order valence-electron chi connectivity index (χ4n) is 3.02. The van der Waals surface area contributed by atoms with E-state index >= 15 is 0 Å². The Morgan fingerprint density at radius 2 is 2.21 bits per heavy atom. The molecule has 3 heterocycles. The Bertz CT molecular complexity index is 719. The van der Waals surface area contributed by atoms with Crippen molar-refractivity contribution >= 4 is 5.95 Å². The van der Waals surface area contributed by atoms with E-state index in [2.05, 4.69) is 19.8 Å². The second-order valence-electron chi connectivity index (χ2n) is 5.97. The van der Waals surface area contributed by atoms with Gasteiger partial charge in [0.1, 0.15) is 12.0 Å². The minimum absolute atomic E-state index is 0.151. The third-order valence-electron chi connectivity index (χ3n) is 4.35. The molecule has 2 aromatic heterocycles. The van der Waals surface area contributed by atoms with Crippen LogP contribution in [-0.2, 0) is 6.54 Å². The van der Waals surface area contributed by atoms with Gasteiger partial charge in [-0.2, -0.15) is 0 Å². The van der Waals surface area contributed by atoms with Gasteiger partial charge in [-0.15, -0.1) is 0 Å². The molecule has 0 spiro atoms. The van der Waals surface area contributed by atoms with E-state index in [9.17, 15) is 4.79 Å². The predicted octanol–water partition coefficient (Wildman–Crippen LogP) is 1.54. The van der Waals surface area contributed by atoms with Gasteiger partial charge in [-0.3, -0.25) is 9.69 Å². The topological polar surface area (TPSA) is 71.7 Å². The Morgan fingerprint density at radius 3 is 2.92 bits per heavy atom. The number of hydrogen-bond acceptors (Lipinski definition) is 7. The summed E-state index contributed by atoms with van der Waals surface area (Å²) in [5.41, 5.74) is -0.151. The number of likely N-dealkylation sites (tertiary alicyclic amines) is 1. The first kappa shape index (κ1) is 16.4. The van der Waals surface area contributed by atoms with Gasteiger partial charge in [-0.25, -0.2) is 9.97 Å². The summed E-state index contributed by atoms with van der Waals surface area (Å²) in [6.07, 6.45) is 7.07. The zero-order valence-corrected chi connectivity index (χ0v) is 14.0. The van der Waals surface area contributed by atoms with Gasteiger partial charge in [0.25, 0.3) is 0 Å². The molecule has 128 valence electrons. The first-order chi connectivity index (χ1) is 11.7. The summed E-state index contributed by atoms with van der Waals surface area (Å²) in [7, 11) is 3.49. The second kappa shape index (κ2) is 7.44. The van der Waals surface area contributed by atoms with Gasteiger partial charge in [0.15, 0.2) is 0 Å². The summed E-state index contributed by atoms with van der Waals surface area (Å²) >= 11 is 0. The van der Waals surface area contributed by atoms with E-state index in [1.54, 1.807) is 12.4 Å². The van der Waals surface area contributed by atoms with Crippen LogP contribution in [0.4, 0.5) is 5.95 Å². The number of ether oxygens (including phenoxy) is 1. The van der Waals surface area contributed by atoms with Crippen molar-refractivity contribution in [3.05, 3.63) is 46.8 Å². The van der Waals surface area contributed by atoms with Crippen molar-refractivity contribution in [2.24, 2.45) is 0 Å². The first-order valence-electron chi connectivity index (χ1n) is 8.05. The lowest BCUT2D eigenvalue weighted by Crippen LogP contribution is -2.46. The fraction of sp³-hybridized carbons (Fsp3) is 0.471. The normalized spacial score (nSPS) is 18.3. The molecule has 1 aliphatic rings. The number of nitrogens with zero attached hydrogens (tertiary/aromatic N) is 4. The molecule has 0 radical (unpaired) electrons. The summed E-state index contributed by atoms with van der Waals surface area (Å²) < 4.78 is 10.5. The quantitative estimate of drug-likeness (QED) is 0.823. The maximum atomic E-state index is 11.8. The Morgan fingerprint density at radius 1 is 1.42 bits per heavy atom. The molecule has 0 saturated carbocycles. The molecular formula is C17H22N4O3. The van der Waals surface area contributed by atoms with Gasteiger partial charge in [-0.1, -0.05) is 0 Å². The SMILES string of the molecule is COc1coc(CN2CCCC(N(C)c3ncccn3)C2)cc1=O. The molecule has 0 amide bonds. The second-order valence-corrected chi connectivity index (χ2v) is 5.97. The Hall–Kier alpha value is -2.41. The molecule has 1 aliphatic heterocycles. The largest absolute Gasteiger partial charge is 0.490 e. The molecule has 7 heteroatoms. The lowest BCUT2D eigenvalue weighted by Gasteiger charge is -2.37. The Kier molecular flexibility index (Phi) is 5.10. The van der Waals surface area contributed by atoms with Crippen LogP contribution in [0.2, 0.25) is 0 Å². The monoisotopic (exact) mass is 330 g/mol. The zero-order chi connectivity index (χ0) is 16.9. The Balaban J connectivity index is 1.65. The fourth-order valence-corrected chi connectivity index (χ4v) is 3.02. The number of rotatable bonds is 5. The van der Waals surface area contributed by atoms with Crippen molar-refractivity contribution in [1.82, 2.24) is 14.9 Å². The van der Waals surface area contributed by atoms with E-state index in [1.807, 2.05) is 13.1 Å². The van der Waals surface area contributed by atoms with E-state index in [0.29, 0.717) is 18.3 Å². The van der Waals surface area contributed by atoms with Crippen LogP contribution in [0.5, 0.6) is 5.75 Å². The molecule has 0 aromatic carbocycles. The number of hydrogen-bond donors (Lipinski definition) is 0. The van der Waals surface area contributed by atoms with Crippen molar-refractivity contribution in [2.75, 3.05) is 32.1 Å². The van der Waals surface area contributed by atoms with Crippen molar-refractivity contribution in [1.29, 1.82) is 0 Å². The van der Waals surface area contributed by atoms with Gasteiger partial charge in [0.2, 0.25) is 17.1 Å². The maximum absolute atomic E-state index is 11.8. The summed E-state index contributed by atoms with van der Waals surface area (Å²) in [4.78, 5) is 24.9. The lowest BCUT2D eigenvalue weighted by molar-refractivity contribution is 0.183. The maximum Gasteiger partial charge on any atom is 0.227 e. The predicted molar refractivity (Wildman–Crippen MR) is 90.3 cm³/mol. The van der Waals surface area contributed by atoms with Crippen LogP contribution in [-0.4, -0.2) is 48.2 Å². The number of piperidine rings is 1. The molecule has 2 aromatic rings. The summed E-state index contributed by atoms with van der Waals surface area (Å²) in [6, 6.07) is 3.66. The van der Waals surface area contributed by atoms with E-state index in [0.717, 1.165) is 31.9 Å². The van der Waals surface area contributed by atoms with Crippen LogP contribution in [0, 0.1) is 0 Å². The highest BCUT2D eigenvalue weighted by Crippen LogP contribution is 2.20. The Labute approximate surface area is 140 Å². The zero-order valence-electron chi connectivity index (χ0n) is 14.0. The minimum atomic E-state index is -0.151. The van der Waals surface area contributed by atoms with Gasteiger partial charge < -0.3 is 14.1 Å². The third kappa shape index (κ3) is 3.73. The molecule has 0 aliphatic carbocycles. The molecular weight excluding hydrogens is 308 g/mol. The van der Waals surface area contributed by atoms with Crippen LogP contribution in [0.25, 0.3) is 0 Å². The minimum Gasteiger partial charge on any atom is -0.490 e. The number of methoxy groups -OCH3 is 1.